The first-order chi connectivity index (χ1) is 8.75. The fourth-order valence-electron chi connectivity index (χ4n) is 1.59. The predicted molar refractivity (Wildman–Crippen MR) is 78.9 cm³/mol. The molecule has 5 nitrogen and oxygen atoms in total. The molecule has 7 heteroatoms. The maximum Gasteiger partial charge on any atom is 0.242 e. The summed E-state index contributed by atoms with van der Waals surface area (Å²) in [4.78, 5) is 2.18. The van der Waals surface area contributed by atoms with Gasteiger partial charge in [0.25, 0.3) is 0 Å². The van der Waals surface area contributed by atoms with Crippen LogP contribution in [0.5, 0.6) is 0 Å². The summed E-state index contributed by atoms with van der Waals surface area (Å²) in [6.45, 7) is 1.30. The third kappa shape index (κ3) is 4.35. The van der Waals surface area contributed by atoms with Crippen molar-refractivity contribution in [2.45, 2.75) is 11.3 Å². The highest BCUT2D eigenvalue weighted by Gasteiger charge is 2.20. The number of halogens is 1. The van der Waals surface area contributed by atoms with Gasteiger partial charge in [-0.2, -0.15) is 0 Å². The molecule has 0 atom stereocenters. The summed E-state index contributed by atoms with van der Waals surface area (Å²) in [7, 11) is 1.97. The van der Waals surface area contributed by atoms with E-state index >= 15 is 0 Å². The van der Waals surface area contributed by atoms with E-state index in [0.29, 0.717) is 11.6 Å². The van der Waals surface area contributed by atoms with E-state index in [4.69, 9.17) is 17.3 Å². The van der Waals surface area contributed by atoms with Gasteiger partial charge in [0.2, 0.25) is 10.0 Å². The van der Waals surface area contributed by atoms with Gasteiger partial charge in [-0.3, -0.25) is 0 Å². The van der Waals surface area contributed by atoms with Crippen LogP contribution in [0.4, 0.5) is 5.69 Å². The average Bonchev–Trinajstić information content (AvgIpc) is 2.31. The molecule has 0 aromatic heterocycles. The minimum Gasteiger partial charge on any atom is -0.397 e. The fraction of sp³-hybridized carbons (Fsp3) is 0.500. The van der Waals surface area contributed by atoms with Gasteiger partial charge in [-0.25, -0.2) is 12.7 Å². The van der Waals surface area contributed by atoms with Crippen LogP contribution in [-0.2, 0) is 10.0 Å². The summed E-state index contributed by atoms with van der Waals surface area (Å²) in [5, 5.41) is 0.356. The number of nitrogens with two attached hydrogens (primary N) is 1. The number of nitrogens with zero attached hydrogens (tertiary/aromatic N) is 2. The molecule has 0 heterocycles. The molecular formula is C12H20ClN3O2S. The van der Waals surface area contributed by atoms with Crippen LogP contribution in [0.25, 0.3) is 0 Å². The molecule has 108 valence electrons. The van der Waals surface area contributed by atoms with Crippen molar-refractivity contribution >= 4 is 27.3 Å². The predicted octanol–water partition coefficient (Wildman–Crippen LogP) is 1.49. The van der Waals surface area contributed by atoms with Crippen LogP contribution in [0, 0.1) is 0 Å². The lowest BCUT2D eigenvalue weighted by atomic mass is 10.3. The third-order valence-corrected chi connectivity index (χ3v) is 4.95. The van der Waals surface area contributed by atoms with Gasteiger partial charge in [0, 0.05) is 13.6 Å². The Morgan fingerprint density at radius 3 is 2.37 bits per heavy atom. The Balaban J connectivity index is 2.81. The van der Waals surface area contributed by atoms with E-state index in [1.165, 1.54) is 22.5 Å². The molecule has 0 amide bonds. The van der Waals surface area contributed by atoms with Crippen molar-refractivity contribution in [1.29, 1.82) is 0 Å². The lowest BCUT2D eigenvalue weighted by Gasteiger charge is -2.18. The minimum atomic E-state index is -3.50. The van der Waals surface area contributed by atoms with Gasteiger partial charge in [0.05, 0.1) is 15.6 Å². The van der Waals surface area contributed by atoms with E-state index < -0.39 is 10.0 Å². The average molecular weight is 306 g/mol. The number of benzene rings is 1. The van der Waals surface area contributed by atoms with E-state index in [9.17, 15) is 8.42 Å². The van der Waals surface area contributed by atoms with Crippen molar-refractivity contribution in [3.8, 4) is 0 Å². The zero-order chi connectivity index (χ0) is 14.6. The van der Waals surface area contributed by atoms with Gasteiger partial charge in [0.15, 0.2) is 0 Å². The zero-order valence-electron chi connectivity index (χ0n) is 11.4. The minimum absolute atomic E-state index is 0.168. The highest BCUT2D eigenvalue weighted by atomic mass is 35.5. The van der Waals surface area contributed by atoms with E-state index in [1.807, 2.05) is 19.0 Å². The lowest BCUT2D eigenvalue weighted by Crippen LogP contribution is -2.30. The summed E-state index contributed by atoms with van der Waals surface area (Å²) in [5.74, 6) is 0. The summed E-state index contributed by atoms with van der Waals surface area (Å²) in [5.41, 5.74) is 5.90. The monoisotopic (exact) mass is 305 g/mol. The normalized spacial score (nSPS) is 12.3. The fourth-order valence-corrected chi connectivity index (χ4v) is 2.95. The summed E-state index contributed by atoms with van der Waals surface area (Å²) in [6.07, 6.45) is 0.770. The Hall–Kier alpha value is -0.820. The Morgan fingerprint density at radius 2 is 1.84 bits per heavy atom. The first-order valence-corrected chi connectivity index (χ1v) is 7.73. The molecule has 0 fully saturated rings. The van der Waals surface area contributed by atoms with Gasteiger partial charge in [-0.15, -0.1) is 0 Å². The second kappa shape index (κ2) is 6.56. The second-order valence-electron chi connectivity index (χ2n) is 4.67. The molecule has 1 aromatic rings. The molecule has 0 radical (unpaired) electrons. The van der Waals surface area contributed by atoms with E-state index in [-0.39, 0.29) is 10.6 Å². The van der Waals surface area contributed by atoms with Crippen molar-refractivity contribution in [1.82, 2.24) is 9.21 Å². The lowest BCUT2D eigenvalue weighted by molar-refractivity contribution is 0.370. The number of nitrogen functional groups attached to an aromatic ring is 1. The molecule has 0 bridgehead atoms. The van der Waals surface area contributed by atoms with Gasteiger partial charge in [-0.1, -0.05) is 11.6 Å². The number of hydrogen-bond donors (Lipinski definition) is 1. The smallest absolute Gasteiger partial charge is 0.242 e. The third-order valence-electron chi connectivity index (χ3n) is 2.75. The van der Waals surface area contributed by atoms with Crippen molar-refractivity contribution in [3.63, 3.8) is 0 Å². The first-order valence-electron chi connectivity index (χ1n) is 5.91. The Kier molecular flexibility index (Phi) is 5.61. The van der Waals surface area contributed by atoms with Crippen molar-refractivity contribution in [2.24, 2.45) is 0 Å². The first kappa shape index (κ1) is 16.2. The van der Waals surface area contributed by atoms with E-state index in [0.717, 1.165) is 13.0 Å². The van der Waals surface area contributed by atoms with Gasteiger partial charge in [-0.05, 0) is 45.3 Å². The summed E-state index contributed by atoms with van der Waals surface area (Å²) < 4.78 is 25.9. The topological polar surface area (TPSA) is 66.6 Å². The number of anilines is 1. The molecule has 0 saturated heterocycles. The molecule has 0 aliphatic rings. The van der Waals surface area contributed by atoms with Crippen molar-refractivity contribution < 1.29 is 8.42 Å². The number of sulfonamides is 1. The molecule has 19 heavy (non-hydrogen) atoms. The van der Waals surface area contributed by atoms with E-state index in [2.05, 4.69) is 0 Å². The molecule has 2 N–H and O–H groups in total. The summed E-state index contributed by atoms with van der Waals surface area (Å²) in [6, 6.07) is 4.36. The van der Waals surface area contributed by atoms with Crippen LogP contribution in [-0.4, -0.2) is 51.9 Å². The van der Waals surface area contributed by atoms with Crippen LogP contribution in [0.15, 0.2) is 23.1 Å². The quantitative estimate of drug-likeness (QED) is 0.809. The van der Waals surface area contributed by atoms with Crippen molar-refractivity contribution in [2.75, 3.05) is 40.0 Å². The Labute approximate surface area is 120 Å². The van der Waals surface area contributed by atoms with Gasteiger partial charge >= 0.3 is 0 Å². The molecule has 0 aliphatic carbocycles. The maximum atomic E-state index is 12.3. The van der Waals surface area contributed by atoms with Crippen LogP contribution >= 0.6 is 11.6 Å². The molecule has 0 saturated carbocycles. The van der Waals surface area contributed by atoms with Crippen LogP contribution < -0.4 is 5.73 Å². The highest BCUT2D eigenvalue weighted by Crippen LogP contribution is 2.23. The summed E-state index contributed by atoms with van der Waals surface area (Å²) >= 11 is 5.79. The largest absolute Gasteiger partial charge is 0.397 e. The highest BCUT2D eigenvalue weighted by molar-refractivity contribution is 7.89. The van der Waals surface area contributed by atoms with Crippen LogP contribution in [0.1, 0.15) is 6.42 Å². The Morgan fingerprint density at radius 1 is 1.21 bits per heavy atom. The number of rotatable bonds is 6. The molecule has 0 unspecified atom stereocenters. The maximum absolute atomic E-state index is 12.3. The standard InChI is InChI=1S/C12H20ClN3O2S/c1-15(2)7-4-8-16(3)19(17,18)10-5-6-11(13)12(14)9-10/h5-6,9H,4,7-8,14H2,1-3H3. The second-order valence-corrected chi connectivity index (χ2v) is 7.12. The Bertz CT molecular complexity index is 532. The van der Waals surface area contributed by atoms with Gasteiger partial charge in [0.1, 0.15) is 0 Å². The molecule has 0 spiro atoms. The van der Waals surface area contributed by atoms with Crippen LogP contribution in [0.2, 0.25) is 5.02 Å². The molecule has 1 aromatic carbocycles. The SMILES string of the molecule is CN(C)CCCN(C)S(=O)(=O)c1ccc(Cl)c(N)c1. The van der Waals surface area contributed by atoms with Gasteiger partial charge < -0.3 is 10.6 Å². The zero-order valence-corrected chi connectivity index (χ0v) is 13.0. The van der Waals surface area contributed by atoms with Crippen LogP contribution in [0.3, 0.4) is 0 Å². The molecular weight excluding hydrogens is 286 g/mol. The number of hydrogen-bond acceptors (Lipinski definition) is 4. The molecule has 1 rings (SSSR count). The molecule has 0 aliphatic heterocycles. The van der Waals surface area contributed by atoms with E-state index in [1.54, 1.807) is 7.05 Å². The van der Waals surface area contributed by atoms with Crippen molar-refractivity contribution in [3.05, 3.63) is 23.2 Å².